The smallest absolute Gasteiger partial charge is 0.310 e. The van der Waals surface area contributed by atoms with Crippen LogP contribution in [-0.4, -0.2) is 10.7 Å². The molecule has 5 heteroatoms. The highest BCUT2D eigenvalue weighted by Gasteiger charge is 2.19. The van der Waals surface area contributed by atoms with E-state index in [0.29, 0.717) is 11.1 Å². The van der Waals surface area contributed by atoms with Gasteiger partial charge in [-0.3, -0.25) is 14.9 Å². The largest absolute Gasteiger partial charge is 0.482 e. The average Bonchev–Trinajstić information content (AvgIpc) is 2.67. The molecule has 0 unspecified atom stereocenters. The van der Waals surface area contributed by atoms with E-state index in [2.05, 4.69) is 0 Å². The Hall–Kier alpha value is -3.47. The molecule has 124 valence electrons. The molecule has 25 heavy (non-hydrogen) atoms. The second kappa shape index (κ2) is 7.40. The molecule has 0 bridgehead atoms. The van der Waals surface area contributed by atoms with Crippen LogP contribution in [0, 0.1) is 10.1 Å². The Balaban J connectivity index is 1.89. The molecule has 0 radical (unpaired) electrons. The van der Waals surface area contributed by atoms with Crippen molar-refractivity contribution in [2.24, 2.45) is 0 Å². The SMILES string of the molecule is O=C(c1ccccc1)c1ccc([N+](=O)[O-])c(OCc2ccccc2)c1. The van der Waals surface area contributed by atoms with Gasteiger partial charge in [0.1, 0.15) is 6.61 Å². The Bertz CT molecular complexity index is 892. The third-order valence-electron chi connectivity index (χ3n) is 3.69. The van der Waals surface area contributed by atoms with Gasteiger partial charge in [0.15, 0.2) is 11.5 Å². The van der Waals surface area contributed by atoms with E-state index < -0.39 is 4.92 Å². The maximum Gasteiger partial charge on any atom is 0.310 e. The number of ether oxygens (including phenoxy) is 1. The van der Waals surface area contributed by atoms with Crippen molar-refractivity contribution in [2.45, 2.75) is 6.61 Å². The fourth-order valence-electron chi connectivity index (χ4n) is 2.41. The zero-order chi connectivity index (χ0) is 17.6. The summed E-state index contributed by atoms with van der Waals surface area (Å²) in [5.74, 6) is -0.129. The summed E-state index contributed by atoms with van der Waals surface area (Å²) < 4.78 is 5.62. The Kier molecular flexibility index (Phi) is 4.85. The number of rotatable bonds is 6. The highest BCUT2D eigenvalue weighted by molar-refractivity contribution is 6.09. The second-order valence-electron chi connectivity index (χ2n) is 5.41. The van der Waals surface area contributed by atoms with Gasteiger partial charge in [0, 0.05) is 17.2 Å². The molecule has 0 aromatic heterocycles. The molecule has 0 aliphatic heterocycles. The minimum absolute atomic E-state index is 0.0793. The van der Waals surface area contributed by atoms with Crippen LogP contribution in [0.25, 0.3) is 0 Å². The maximum atomic E-state index is 12.5. The fourth-order valence-corrected chi connectivity index (χ4v) is 2.41. The van der Waals surface area contributed by atoms with Crippen molar-refractivity contribution in [1.82, 2.24) is 0 Å². The number of nitro benzene ring substituents is 1. The molecule has 0 amide bonds. The molecule has 0 atom stereocenters. The standard InChI is InChI=1S/C20H15NO4/c22-20(16-9-5-2-6-10-16)17-11-12-18(21(23)24)19(13-17)25-14-15-7-3-1-4-8-15/h1-13H,14H2. The Morgan fingerprint density at radius 1 is 0.880 bits per heavy atom. The summed E-state index contributed by atoms with van der Waals surface area (Å²) in [7, 11) is 0. The minimum Gasteiger partial charge on any atom is -0.482 e. The molecule has 0 aliphatic rings. The Morgan fingerprint density at radius 2 is 1.52 bits per heavy atom. The number of benzene rings is 3. The first kappa shape index (κ1) is 16.4. The molecule has 0 aliphatic carbocycles. The quantitative estimate of drug-likeness (QED) is 0.381. The minimum atomic E-state index is -0.517. The van der Waals surface area contributed by atoms with Gasteiger partial charge in [-0.15, -0.1) is 0 Å². The van der Waals surface area contributed by atoms with Crippen molar-refractivity contribution in [2.75, 3.05) is 0 Å². The molecule has 0 fully saturated rings. The summed E-state index contributed by atoms with van der Waals surface area (Å²) in [6.45, 7) is 0.185. The van der Waals surface area contributed by atoms with E-state index in [-0.39, 0.29) is 23.8 Å². The van der Waals surface area contributed by atoms with E-state index in [1.807, 2.05) is 36.4 Å². The zero-order valence-corrected chi connectivity index (χ0v) is 13.3. The van der Waals surface area contributed by atoms with Gasteiger partial charge in [-0.2, -0.15) is 0 Å². The van der Waals surface area contributed by atoms with Crippen molar-refractivity contribution in [3.63, 3.8) is 0 Å². The molecule has 0 heterocycles. The number of nitro groups is 1. The second-order valence-corrected chi connectivity index (χ2v) is 5.41. The molecular formula is C20H15NO4. The number of carbonyl (C=O) groups excluding carboxylic acids is 1. The molecule has 0 spiro atoms. The predicted molar refractivity (Wildman–Crippen MR) is 93.7 cm³/mol. The van der Waals surface area contributed by atoms with E-state index in [0.717, 1.165) is 5.56 Å². The van der Waals surface area contributed by atoms with Gasteiger partial charge >= 0.3 is 5.69 Å². The van der Waals surface area contributed by atoms with Gasteiger partial charge in [0.2, 0.25) is 0 Å². The van der Waals surface area contributed by atoms with Crippen LogP contribution in [0.2, 0.25) is 0 Å². The van der Waals surface area contributed by atoms with Crippen molar-refractivity contribution in [1.29, 1.82) is 0 Å². The van der Waals surface area contributed by atoms with Crippen LogP contribution in [0.15, 0.2) is 78.9 Å². The van der Waals surface area contributed by atoms with Crippen LogP contribution < -0.4 is 4.74 Å². The summed E-state index contributed by atoms with van der Waals surface area (Å²) in [6, 6.07) is 22.3. The van der Waals surface area contributed by atoms with Gasteiger partial charge < -0.3 is 4.74 Å². The lowest BCUT2D eigenvalue weighted by Crippen LogP contribution is -2.04. The molecule has 3 aromatic rings. The van der Waals surface area contributed by atoms with E-state index >= 15 is 0 Å². The summed E-state index contributed by atoms with van der Waals surface area (Å²) in [5.41, 5.74) is 1.59. The summed E-state index contributed by atoms with van der Waals surface area (Å²) in [4.78, 5) is 23.2. The molecule has 0 N–H and O–H groups in total. The van der Waals surface area contributed by atoms with Crippen LogP contribution in [0.3, 0.4) is 0 Å². The fraction of sp³-hybridized carbons (Fsp3) is 0.0500. The van der Waals surface area contributed by atoms with Gasteiger partial charge in [-0.25, -0.2) is 0 Å². The van der Waals surface area contributed by atoms with Gasteiger partial charge in [-0.05, 0) is 17.7 Å². The first-order valence-corrected chi connectivity index (χ1v) is 7.70. The number of ketones is 1. The van der Waals surface area contributed by atoms with Gasteiger partial charge in [0.25, 0.3) is 0 Å². The summed E-state index contributed by atoms with van der Waals surface area (Å²) >= 11 is 0. The topological polar surface area (TPSA) is 69.4 Å². The van der Waals surface area contributed by atoms with Crippen LogP contribution in [0.1, 0.15) is 21.5 Å². The monoisotopic (exact) mass is 333 g/mol. The van der Waals surface area contributed by atoms with Crippen LogP contribution in [-0.2, 0) is 6.61 Å². The first-order valence-electron chi connectivity index (χ1n) is 7.70. The van der Waals surface area contributed by atoms with Gasteiger partial charge in [0.05, 0.1) is 4.92 Å². The van der Waals surface area contributed by atoms with Crippen LogP contribution >= 0.6 is 0 Å². The number of nitrogens with zero attached hydrogens (tertiary/aromatic N) is 1. The Morgan fingerprint density at radius 3 is 2.16 bits per heavy atom. The number of hydrogen-bond donors (Lipinski definition) is 0. The lowest BCUT2D eigenvalue weighted by molar-refractivity contribution is -0.385. The van der Waals surface area contributed by atoms with E-state index in [9.17, 15) is 14.9 Å². The number of hydrogen-bond acceptors (Lipinski definition) is 4. The molecule has 0 saturated heterocycles. The average molecular weight is 333 g/mol. The Labute approximate surface area is 144 Å². The zero-order valence-electron chi connectivity index (χ0n) is 13.3. The molecular weight excluding hydrogens is 318 g/mol. The van der Waals surface area contributed by atoms with E-state index in [1.165, 1.54) is 18.2 Å². The summed E-state index contributed by atoms with van der Waals surface area (Å²) in [5, 5.41) is 11.2. The van der Waals surface area contributed by atoms with Crippen molar-refractivity contribution >= 4 is 11.5 Å². The summed E-state index contributed by atoms with van der Waals surface area (Å²) in [6.07, 6.45) is 0. The first-order chi connectivity index (χ1) is 12.1. The molecule has 3 aromatic carbocycles. The molecule has 5 nitrogen and oxygen atoms in total. The van der Waals surface area contributed by atoms with E-state index in [4.69, 9.17) is 4.74 Å². The van der Waals surface area contributed by atoms with Crippen LogP contribution in [0.4, 0.5) is 5.69 Å². The molecule has 3 rings (SSSR count). The predicted octanol–water partition coefficient (Wildman–Crippen LogP) is 4.40. The van der Waals surface area contributed by atoms with E-state index in [1.54, 1.807) is 24.3 Å². The third-order valence-corrected chi connectivity index (χ3v) is 3.69. The highest BCUT2D eigenvalue weighted by Crippen LogP contribution is 2.29. The lowest BCUT2D eigenvalue weighted by Gasteiger charge is -2.09. The maximum absolute atomic E-state index is 12.5. The van der Waals surface area contributed by atoms with Crippen molar-refractivity contribution in [3.05, 3.63) is 106 Å². The third kappa shape index (κ3) is 3.90. The van der Waals surface area contributed by atoms with Crippen LogP contribution in [0.5, 0.6) is 5.75 Å². The molecule has 0 saturated carbocycles. The highest BCUT2D eigenvalue weighted by atomic mass is 16.6. The van der Waals surface area contributed by atoms with Crippen molar-refractivity contribution < 1.29 is 14.5 Å². The normalized spacial score (nSPS) is 10.2. The number of carbonyl (C=O) groups is 1. The van der Waals surface area contributed by atoms with Gasteiger partial charge in [-0.1, -0.05) is 60.7 Å². The lowest BCUT2D eigenvalue weighted by atomic mass is 10.0. The van der Waals surface area contributed by atoms with Crippen molar-refractivity contribution in [3.8, 4) is 5.75 Å².